The molecule has 0 saturated heterocycles. The predicted octanol–water partition coefficient (Wildman–Crippen LogP) is 3.44. The molecule has 0 heterocycles. The van der Waals surface area contributed by atoms with Crippen LogP contribution in [0.2, 0.25) is 5.02 Å². The van der Waals surface area contributed by atoms with E-state index in [-0.39, 0.29) is 22.7 Å². The molecule has 0 aliphatic carbocycles. The second-order valence-electron chi connectivity index (χ2n) is 4.51. The van der Waals surface area contributed by atoms with E-state index in [0.717, 1.165) is 6.07 Å². The summed E-state index contributed by atoms with van der Waals surface area (Å²) in [6, 6.07) is 10.1. The third kappa shape index (κ3) is 3.48. The minimum Gasteiger partial charge on any atom is -0.321 e. The molecule has 1 amide bonds. The van der Waals surface area contributed by atoms with Gasteiger partial charge in [0.15, 0.2) is 5.78 Å². The van der Waals surface area contributed by atoms with Gasteiger partial charge in [0.05, 0.1) is 4.92 Å². The summed E-state index contributed by atoms with van der Waals surface area (Å²) in [6.07, 6.45) is 0. The van der Waals surface area contributed by atoms with Crippen molar-refractivity contribution in [2.75, 3.05) is 5.32 Å². The largest absolute Gasteiger partial charge is 0.321 e. The van der Waals surface area contributed by atoms with E-state index in [2.05, 4.69) is 5.32 Å². The van der Waals surface area contributed by atoms with E-state index in [9.17, 15) is 19.7 Å². The maximum Gasteiger partial charge on any atom is 0.293 e. The molecule has 0 aromatic heterocycles. The van der Waals surface area contributed by atoms with Gasteiger partial charge in [0, 0.05) is 29.1 Å². The Balaban J connectivity index is 2.41. The fourth-order valence-electron chi connectivity index (χ4n) is 1.89. The number of nitrogens with zero attached hydrogens (tertiary/aromatic N) is 1. The molecule has 0 aliphatic heterocycles. The Morgan fingerprint density at radius 3 is 2.23 bits per heavy atom. The number of rotatable bonds is 4. The highest BCUT2D eigenvalue weighted by atomic mass is 35.5. The SMILES string of the molecule is CC(=O)Nc1ccc(C(=O)c2ccc(Cl)cc2)cc1[N+](=O)[O-]. The van der Waals surface area contributed by atoms with Crippen LogP contribution in [0.5, 0.6) is 0 Å². The highest BCUT2D eigenvalue weighted by molar-refractivity contribution is 6.30. The summed E-state index contributed by atoms with van der Waals surface area (Å²) in [5.74, 6) is -0.797. The van der Waals surface area contributed by atoms with Crippen molar-refractivity contribution in [3.8, 4) is 0 Å². The average molecular weight is 319 g/mol. The Morgan fingerprint density at radius 1 is 1.09 bits per heavy atom. The quantitative estimate of drug-likeness (QED) is 0.531. The average Bonchev–Trinajstić information content (AvgIpc) is 2.47. The molecule has 2 aromatic carbocycles. The van der Waals surface area contributed by atoms with Crippen molar-refractivity contribution in [3.05, 3.63) is 68.7 Å². The number of ketones is 1. The molecule has 0 fully saturated rings. The molecule has 7 heteroatoms. The van der Waals surface area contributed by atoms with Crippen molar-refractivity contribution in [1.29, 1.82) is 0 Å². The second kappa shape index (κ2) is 6.36. The maximum atomic E-state index is 12.3. The van der Waals surface area contributed by atoms with Crippen LogP contribution in [0.15, 0.2) is 42.5 Å². The molecule has 112 valence electrons. The van der Waals surface area contributed by atoms with Crippen molar-refractivity contribution in [3.63, 3.8) is 0 Å². The van der Waals surface area contributed by atoms with Crippen LogP contribution in [0.4, 0.5) is 11.4 Å². The first-order valence-electron chi connectivity index (χ1n) is 6.25. The number of nitro groups is 1. The van der Waals surface area contributed by atoms with Crippen LogP contribution in [-0.4, -0.2) is 16.6 Å². The van der Waals surface area contributed by atoms with Crippen LogP contribution < -0.4 is 5.32 Å². The van der Waals surface area contributed by atoms with Crippen LogP contribution in [-0.2, 0) is 4.79 Å². The molecular weight excluding hydrogens is 308 g/mol. The van der Waals surface area contributed by atoms with Crippen molar-refractivity contribution in [2.45, 2.75) is 6.92 Å². The minimum atomic E-state index is -0.649. The monoisotopic (exact) mass is 318 g/mol. The van der Waals surface area contributed by atoms with E-state index in [1.807, 2.05) is 0 Å². The van der Waals surface area contributed by atoms with Crippen molar-refractivity contribution in [2.24, 2.45) is 0 Å². The first-order valence-corrected chi connectivity index (χ1v) is 6.62. The lowest BCUT2D eigenvalue weighted by Crippen LogP contribution is -2.09. The van der Waals surface area contributed by atoms with Gasteiger partial charge in [0.25, 0.3) is 5.69 Å². The Morgan fingerprint density at radius 2 is 1.68 bits per heavy atom. The van der Waals surface area contributed by atoms with Crippen LogP contribution in [0.3, 0.4) is 0 Å². The van der Waals surface area contributed by atoms with E-state index in [1.54, 1.807) is 12.1 Å². The van der Waals surface area contributed by atoms with Gasteiger partial charge in [-0.3, -0.25) is 19.7 Å². The molecule has 22 heavy (non-hydrogen) atoms. The summed E-state index contributed by atoms with van der Waals surface area (Å²) in [4.78, 5) is 33.8. The number of amides is 1. The van der Waals surface area contributed by atoms with Gasteiger partial charge in [-0.15, -0.1) is 0 Å². The fraction of sp³-hybridized carbons (Fsp3) is 0.0667. The Hall–Kier alpha value is -2.73. The smallest absolute Gasteiger partial charge is 0.293 e. The number of nitrogens with one attached hydrogen (secondary N) is 1. The van der Waals surface area contributed by atoms with Crippen molar-refractivity contribution >= 4 is 34.7 Å². The zero-order chi connectivity index (χ0) is 16.3. The van der Waals surface area contributed by atoms with Gasteiger partial charge >= 0.3 is 0 Å². The summed E-state index contributed by atoms with van der Waals surface area (Å²) in [5, 5.41) is 13.9. The van der Waals surface area contributed by atoms with Crippen LogP contribution >= 0.6 is 11.6 Å². The van der Waals surface area contributed by atoms with Gasteiger partial charge in [0.2, 0.25) is 5.91 Å². The number of hydrogen-bond acceptors (Lipinski definition) is 4. The molecule has 2 rings (SSSR count). The number of hydrogen-bond donors (Lipinski definition) is 1. The summed E-state index contributed by atoms with van der Waals surface area (Å²) in [7, 11) is 0. The summed E-state index contributed by atoms with van der Waals surface area (Å²) >= 11 is 5.76. The topological polar surface area (TPSA) is 89.3 Å². The van der Waals surface area contributed by atoms with Gasteiger partial charge < -0.3 is 5.32 Å². The van der Waals surface area contributed by atoms with Gasteiger partial charge in [-0.2, -0.15) is 0 Å². The highest BCUT2D eigenvalue weighted by Gasteiger charge is 2.19. The van der Waals surface area contributed by atoms with Gasteiger partial charge in [-0.1, -0.05) is 11.6 Å². The first kappa shape index (κ1) is 15.7. The van der Waals surface area contributed by atoms with E-state index < -0.39 is 10.8 Å². The van der Waals surface area contributed by atoms with Crippen LogP contribution in [0.1, 0.15) is 22.8 Å². The number of carbonyl (C=O) groups is 2. The zero-order valence-corrected chi connectivity index (χ0v) is 12.3. The predicted molar refractivity (Wildman–Crippen MR) is 82.3 cm³/mol. The zero-order valence-electron chi connectivity index (χ0n) is 11.5. The molecule has 0 unspecified atom stereocenters. The Labute approximate surface area is 130 Å². The van der Waals surface area contributed by atoms with Gasteiger partial charge in [-0.05, 0) is 36.4 Å². The van der Waals surface area contributed by atoms with E-state index in [4.69, 9.17) is 11.6 Å². The third-order valence-electron chi connectivity index (χ3n) is 2.87. The molecule has 0 bridgehead atoms. The molecule has 6 nitrogen and oxygen atoms in total. The number of nitro benzene ring substituents is 1. The lowest BCUT2D eigenvalue weighted by molar-refractivity contribution is -0.383. The molecule has 1 N–H and O–H groups in total. The molecule has 0 spiro atoms. The van der Waals surface area contributed by atoms with Gasteiger partial charge in [-0.25, -0.2) is 0 Å². The Bertz CT molecular complexity index is 757. The Kier molecular flexibility index (Phi) is 4.53. The van der Waals surface area contributed by atoms with E-state index in [0.29, 0.717) is 10.6 Å². The molecule has 0 radical (unpaired) electrons. The number of halogens is 1. The third-order valence-corrected chi connectivity index (χ3v) is 3.13. The van der Waals surface area contributed by atoms with Crippen molar-refractivity contribution < 1.29 is 14.5 Å². The molecule has 0 saturated carbocycles. The molecule has 2 aromatic rings. The summed E-state index contributed by atoms with van der Waals surface area (Å²) in [5.41, 5.74) is 0.231. The van der Waals surface area contributed by atoms with E-state index in [1.165, 1.54) is 31.2 Å². The van der Waals surface area contributed by atoms with Gasteiger partial charge in [0.1, 0.15) is 5.69 Å². The number of benzene rings is 2. The van der Waals surface area contributed by atoms with Crippen LogP contribution in [0.25, 0.3) is 0 Å². The lowest BCUT2D eigenvalue weighted by Gasteiger charge is -2.06. The van der Waals surface area contributed by atoms with Crippen molar-refractivity contribution in [1.82, 2.24) is 0 Å². The summed E-state index contributed by atoms with van der Waals surface area (Å²) < 4.78 is 0. The fourth-order valence-corrected chi connectivity index (χ4v) is 2.01. The van der Waals surface area contributed by atoms with Crippen LogP contribution in [0, 0.1) is 10.1 Å². The molecule has 0 atom stereocenters. The minimum absolute atomic E-state index is 0.0464. The first-order chi connectivity index (χ1) is 10.4. The van der Waals surface area contributed by atoms with E-state index >= 15 is 0 Å². The maximum absolute atomic E-state index is 12.3. The summed E-state index contributed by atoms with van der Waals surface area (Å²) in [6.45, 7) is 1.25. The lowest BCUT2D eigenvalue weighted by atomic mass is 10.0. The second-order valence-corrected chi connectivity index (χ2v) is 4.94. The number of carbonyl (C=O) groups excluding carboxylic acids is 2. The standard InChI is InChI=1S/C15H11ClN2O4/c1-9(19)17-13-7-4-11(8-14(13)18(21)22)15(20)10-2-5-12(16)6-3-10/h2-8H,1H3,(H,17,19). The molecule has 0 aliphatic rings. The molecular formula is C15H11ClN2O4. The normalized spacial score (nSPS) is 10.1. The number of anilines is 1. The highest BCUT2D eigenvalue weighted by Crippen LogP contribution is 2.27.